The van der Waals surface area contributed by atoms with E-state index in [0.29, 0.717) is 0 Å². The van der Waals surface area contributed by atoms with Crippen LogP contribution in [-0.4, -0.2) is 27.5 Å². The third-order valence-electron chi connectivity index (χ3n) is 2.37. The lowest BCUT2D eigenvalue weighted by molar-refractivity contribution is -0.0529. The summed E-state index contributed by atoms with van der Waals surface area (Å²) < 4.78 is 28.1. The predicted molar refractivity (Wildman–Crippen MR) is 66.4 cm³/mol. The molecule has 0 fully saturated rings. The molecule has 0 aliphatic heterocycles. The quantitative estimate of drug-likeness (QED) is 0.416. The van der Waals surface area contributed by atoms with Gasteiger partial charge in [-0.1, -0.05) is 0 Å². The fraction of sp³-hybridized carbons (Fsp3) is 0.0909. The Bertz CT molecular complexity index is 719. The van der Waals surface area contributed by atoms with Crippen molar-refractivity contribution in [1.29, 1.82) is 0 Å². The van der Waals surface area contributed by atoms with Crippen LogP contribution in [0.5, 0.6) is 5.88 Å². The summed E-state index contributed by atoms with van der Waals surface area (Å²) in [5.74, 6) is 3.90. The van der Waals surface area contributed by atoms with Crippen LogP contribution >= 0.6 is 0 Å². The smallest absolute Gasteiger partial charge is 0.388 e. The number of amides is 1. The number of halogens is 2. The second kappa shape index (κ2) is 6.05. The summed E-state index contributed by atoms with van der Waals surface area (Å²) >= 11 is 0. The zero-order valence-electron chi connectivity index (χ0n) is 10.3. The number of alkyl halides is 2. The van der Waals surface area contributed by atoms with Crippen LogP contribution in [0.1, 0.15) is 10.5 Å². The van der Waals surface area contributed by atoms with E-state index in [1.165, 1.54) is 12.3 Å². The first kappa shape index (κ1) is 14.5. The molecule has 2 aromatic heterocycles. The summed E-state index contributed by atoms with van der Waals surface area (Å²) in [6, 6.07) is 2.37. The number of carbonyl (C=O) groups excluding carboxylic acids is 1. The van der Waals surface area contributed by atoms with Gasteiger partial charge >= 0.3 is 6.61 Å². The number of hydrogen-bond donors (Lipinski definition) is 3. The first-order valence-corrected chi connectivity index (χ1v) is 5.52. The number of nitrogen functional groups attached to an aromatic ring is 1. The molecular weight excluding hydrogens is 288 g/mol. The number of carbonyl (C=O) groups is 1. The monoisotopic (exact) mass is 297 g/mol. The van der Waals surface area contributed by atoms with Crippen LogP contribution in [0.3, 0.4) is 0 Å². The summed E-state index contributed by atoms with van der Waals surface area (Å²) in [5.41, 5.74) is 1.19. The van der Waals surface area contributed by atoms with Crippen LogP contribution in [-0.2, 0) is 0 Å². The van der Waals surface area contributed by atoms with Crippen LogP contribution in [0.25, 0.3) is 11.3 Å². The standard InChI is InChI=1S/C11H9F2N5O3/c12-11(13)21-8-2-1-5(9(19)17-8)6-3-15-4-7(16-6)10(20)18-14/h1-4,11H,14H2,(H,17,19)(H,18,20). The van der Waals surface area contributed by atoms with Crippen molar-refractivity contribution in [2.24, 2.45) is 5.84 Å². The lowest BCUT2D eigenvalue weighted by Gasteiger charge is -2.05. The minimum absolute atomic E-state index is 0.0378. The molecule has 110 valence electrons. The van der Waals surface area contributed by atoms with Gasteiger partial charge in [0.2, 0.25) is 0 Å². The van der Waals surface area contributed by atoms with Gasteiger partial charge in [-0.3, -0.25) is 25.0 Å². The minimum atomic E-state index is -3.05. The molecule has 0 atom stereocenters. The number of H-pyrrole nitrogens is 1. The van der Waals surface area contributed by atoms with Gasteiger partial charge in [0.1, 0.15) is 5.69 Å². The molecule has 2 aromatic rings. The topological polar surface area (TPSA) is 123 Å². The normalized spacial score (nSPS) is 10.5. The van der Waals surface area contributed by atoms with Crippen molar-refractivity contribution in [2.45, 2.75) is 6.61 Å². The van der Waals surface area contributed by atoms with Crippen molar-refractivity contribution in [3.8, 4) is 17.1 Å². The molecule has 0 aliphatic carbocycles. The van der Waals surface area contributed by atoms with E-state index in [-0.39, 0.29) is 22.8 Å². The molecule has 2 rings (SSSR count). The maximum atomic E-state index is 12.0. The van der Waals surface area contributed by atoms with Gasteiger partial charge in [-0.15, -0.1) is 0 Å². The highest BCUT2D eigenvalue weighted by molar-refractivity contribution is 5.91. The first-order chi connectivity index (χ1) is 10.0. The van der Waals surface area contributed by atoms with Gasteiger partial charge in [-0.05, 0) is 12.1 Å². The van der Waals surface area contributed by atoms with Gasteiger partial charge in [-0.25, -0.2) is 10.8 Å². The van der Waals surface area contributed by atoms with Crippen LogP contribution in [0, 0.1) is 0 Å². The third kappa shape index (κ3) is 3.36. The highest BCUT2D eigenvalue weighted by atomic mass is 19.3. The van der Waals surface area contributed by atoms with Crippen LogP contribution in [0.4, 0.5) is 8.78 Å². The van der Waals surface area contributed by atoms with Crippen molar-refractivity contribution in [3.05, 3.63) is 40.6 Å². The van der Waals surface area contributed by atoms with Crippen LogP contribution < -0.4 is 21.6 Å². The zero-order valence-corrected chi connectivity index (χ0v) is 10.3. The number of hydrogen-bond acceptors (Lipinski definition) is 6. The van der Waals surface area contributed by atoms with Crippen molar-refractivity contribution in [1.82, 2.24) is 20.4 Å². The number of nitrogens with one attached hydrogen (secondary N) is 2. The molecule has 0 unspecified atom stereocenters. The molecule has 21 heavy (non-hydrogen) atoms. The number of nitrogens with two attached hydrogens (primary N) is 1. The molecule has 0 aromatic carbocycles. The predicted octanol–water partition coefficient (Wildman–Crippen LogP) is 0.0368. The van der Waals surface area contributed by atoms with E-state index in [4.69, 9.17) is 5.84 Å². The largest absolute Gasteiger partial charge is 0.419 e. The number of pyridine rings is 1. The van der Waals surface area contributed by atoms with Gasteiger partial charge in [0.25, 0.3) is 11.5 Å². The molecule has 0 spiro atoms. The lowest BCUT2D eigenvalue weighted by Crippen LogP contribution is -2.31. The van der Waals surface area contributed by atoms with Crippen molar-refractivity contribution < 1.29 is 18.3 Å². The Morgan fingerprint density at radius 1 is 1.38 bits per heavy atom. The SMILES string of the molecule is NNC(=O)c1cncc(-c2ccc(OC(F)F)[nH]c2=O)n1. The zero-order chi connectivity index (χ0) is 15.4. The number of nitrogens with zero attached hydrogens (tertiary/aromatic N) is 2. The van der Waals surface area contributed by atoms with Gasteiger partial charge in [0.15, 0.2) is 5.88 Å². The van der Waals surface area contributed by atoms with Crippen molar-refractivity contribution in [3.63, 3.8) is 0 Å². The Morgan fingerprint density at radius 3 is 2.76 bits per heavy atom. The van der Waals surface area contributed by atoms with Crippen molar-refractivity contribution >= 4 is 5.91 Å². The molecule has 0 saturated carbocycles. The first-order valence-electron chi connectivity index (χ1n) is 5.52. The van der Waals surface area contributed by atoms with Crippen molar-refractivity contribution in [2.75, 3.05) is 0 Å². The van der Waals surface area contributed by atoms with E-state index >= 15 is 0 Å². The van der Waals surface area contributed by atoms with Crippen LogP contribution in [0.2, 0.25) is 0 Å². The summed E-state index contributed by atoms with van der Waals surface area (Å²) in [6.45, 7) is -3.05. The maximum Gasteiger partial charge on any atom is 0.388 e. The second-order valence-electron chi connectivity index (χ2n) is 3.71. The third-order valence-corrected chi connectivity index (χ3v) is 2.37. The van der Waals surface area contributed by atoms with E-state index in [1.54, 1.807) is 0 Å². The van der Waals surface area contributed by atoms with Gasteiger partial charge in [0, 0.05) is 0 Å². The molecule has 10 heteroatoms. The average molecular weight is 297 g/mol. The number of aromatic amines is 1. The fourth-order valence-corrected chi connectivity index (χ4v) is 1.50. The summed E-state index contributed by atoms with van der Waals surface area (Å²) in [6.07, 6.45) is 2.40. The molecular formula is C11H9F2N5O3. The molecule has 0 saturated heterocycles. The summed E-state index contributed by atoms with van der Waals surface area (Å²) in [7, 11) is 0. The lowest BCUT2D eigenvalue weighted by atomic mass is 10.2. The summed E-state index contributed by atoms with van der Waals surface area (Å²) in [4.78, 5) is 32.9. The fourth-order valence-electron chi connectivity index (χ4n) is 1.50. The Labute approximate surface area is 116 Å². The Hall–Kier alpha value is -2.88. The minimum Gasteiger partial charge on any atom is -0.419 e. The molecule has 1 amide bonds. The molecule has 0 bridgehead atoms. The maximum absolute atomic E-state index is 12.0. The van der Waals surface area contributed by atoms with E-state index < -0.39 is 18.1 Å². The highest BCUT2D eigenvalue weighted by Crippen LogP contribution is 2.15. The average Bonchev–Trinajstić information content (AvgIpc) is 2.46. The Kier molecular flexibility index (Phi) is 4.18. The van der Waals surface area contributed by atoms with Gasteiger partial charge < -0.3 is 4.74 Å². The summed E-state index contributed by atoms with van der Waals surface area (Å²) in [5, 5.41) is 0. The number of aromatic nitrogens is 3. The Balaban J connectivity index is 2.38. The highest BCUT2D eigenvalue weighted by Gasteiger charge is 2.12. The molecule has 4 N–H and O–H groups in total. The number of rotatable bonds is 4. The molecule has 8 nitrogen and oxygen atoms in total. The van der Waals surface area contributed by atoms with E-state index in [0.717, 1.165) is 12.3 Å². The Morgan fingerprint density at radius 2 is 2.14 bits per heavy atom. The van der Waals surface area contributed by atoms with Gasteiger partial charge in [0.05, 0.1) is 23.7 Å². The van der Waals surface area contributed by atoms with E-state index in [9.17, 15) is 18.4 Å². The second-order valence-corrected chi connectivity index (χ2v) is 3.71. The molecule has 0 aliphatic rings. The van der Waals surface area contributed by atoms with E-state index in [1.807, 2.05) is 5.43 Å². The molecule has 0 radical (unpaired) electrons. The van der Waals surface area contributed by atoms with Crippen LogP contribution in [0.15, 0.2) is 29.3 Å². The van der Waals surface area contributed by atoms with E-state index in [2.05, 4.69) is 19.7 Å². The molecule has 2 heterocycles. The van der Waals surface area contributed by atoms with Gasteiger partial charge in [-0.2, -0.15) is 8.78 Å². The number of hydrazine groups is 1. The number of ether oxygens (including phenoxy) is 1.